The van der Waals surface area contributed by atoms with Gasteiger partial charge < -0.3 is 0 Å². The third-order valence-corrected chi connectivity index (χ3v) is 6.88. The Labute approximate surface area is 128 Å². The van der Waals surface area contributed by atoms with E-state index in [1.165, 1.54) is 0 Å². The molecule has 2 atom stereocenters. The fraction of sp³-hybridized carbons (Fsp3) is 0.625. The standard InChI is InChI=1S/C16H26O2S2/c1-15(2,3)19(17)11-13-8-7-9-14(10-13)12-20(18)16(4,5)6/h7-10H,11-12H2,1-6H3/t19-,20-/m0/s1. The molecular formula is C16H26O2S2. The zero-order valence-corrected chi connectivity index (χ0v) is 15.0. The number of hydrogen-bond donors (Lipinski definition) is 0. The summed E-state index contributed by atoms with van der Waals surface area (Å²) >= 11 is 0. The summed E-state index contributed by atoms with van der Waals surface area (Å²) in [6, 6.07) is 7.98. The molecule has 1 aromatic carbocycles. The molecule has 1 aromatic rings. The van der Waals surface area contributed by atoms with E-state index in [0.29, 0.717) is 11.5 Å². The number of benzene rings is 1. The van der Waals surface area contributed by atoms with Crippen molar-refractivity contribution in [3.05, 3.63) is 35.4 Å². The molecule has 114 valence electrons. The molecule has 0 aliphatic heterocycles. The Bertz CT molecular complexity index is 465. The van der Waals surface area contributed by atoms with E-state index >= 15 is 0 Å². The van der Waals surface area contributed by atoms with Gasteiger partial charge in [0.2, 0.25) is 0 Å². The van der Waals surface area contributed by atoms with E-state index in [4.69, 9.17) is 0 Å². The van der Waals surface area contributed by atoms with Crippen molar-refractivity contribution in [2.45, 2.75) is 62.5 Å². The molecule has 0 amide bonds. The van der Waals surface area contributed by atoms with Crippen LogP contribution in [0.3, 0.4) is 0 Å². The van der Waals surface area contributed by atoms with Crippen LogP contribution in [0.4, 0.5) is 0 Å². The summed E-state index contributed by atoms with van der Waals surface area (Å²) in [5, 5.41) is 0. The van der Waals surface area contributed by atoms with Gasteiger partial charge in [-0.1, -0.05) is 24.3 Å². The van der Waals surface area contributed by atoms with Crippen LogP contribution in [0.1, 0.15) is 52.7 Å². The van der Waals surface area contributed by atoms with Crippen molar-refractivity contribution in [1.29, 1.82) is 0 Å². The molecule has 1 rings (SSSR count). The monoisotopic (exact) mass is 314 g/mol. The van der Waals surface area contributed by atoms with Crippen LogP contribution in [0.15, 0.2) is 24.3 Å². The average Bonchev–Trinajstić information content (AvgIpc) is 2.26. The van der Waals surface area contributed by atoms with Gasteiger partial charge >= 0.3 is 0 Å². The summed E-state index contributed by atoms with van der Waals surface area (Å²) in [5.41, 5.74) is 2.11. The van der Waals surface area contributed by atoms with E-state index in [9.17, 15) is 8.42 Å². The van der Waals surface area contributed by atoms with Gasteiger partial charge in [0.1, 0.15) is 0 Å². The smallest absolute Gasteiger partial charge is 0.0491 e. The van der Waals surface area contributed by atoms with E-state index in [1.54, 1.807) is 0 Å². The first-order valence-corrected chi connectivity index (χ1v) is 9.49. The van der Waals surface area contributed by atoms with Crippen LogP contribution in [0.25, 0.3) is 0 Å². The van der Waals surface area contributed by atoms with Gasteiger partial charge in [0.15, 0.2) is 0 Å². The average molecular weight is 315 g/mol. The lowest BCUT2D eigenvalue weighted by atomic mass is 10.2. The maximum atomic E-state index is 12.2. The molecule has 0 aliphatic rings. The van der Waals surface area contributed by atoms with Crippen molar-refractivity contribution in [1.82, 2.24) is 0 Å². The van der Waals surface area contributed by atoms with Crippen molar-refractivity contribution in [3.63, 3.8) is 0 Å². The van der Waals surface area contributed by atoms with Crippen LogP contribution in [0.5, 0.6) is 0 Å². The van der Waals surface area contributed by atoms with Gasteiger partial charge in [0.05, 0.1) is 0 Å². The van der Waals surface area contributed by atoms with E-state index in [2.05, 4.69) is 0 Å². The first-order chi connectivity index (χ1) is 9.00. The molecule has 4 heteroatoms. The van der Waals surface area contributed by atoms with Gasteiger partial charge in [-0.15, -0.1) is 0 Å². The van der Waals surface area contributed by atoms with Gasteiger partial charge in [-0.2, -0.15) is 0 Å². The zero-order chi connectivity index (χ0) is 15.6. The predicted molar refractivity (Wildman–Crippen MR) is 89.6 cm³/mol. The molecule has 0 heterocycles. The van der Waals surface area contributed by atoms with Crippen molar-refractivity contribution >= 4 is 21.6 Å². The van der Waals surface area contributed by atoms with Gasteiger partial charge in [0, 0.05) is 42.6 Å². The highest BCUT2D eigenvalue weighted by molar-refractivity contribution is 7.85. The molecule has 0 bridgehead atoms. The van der Waals surface area contributed by atoms with E-state index < -0.39 is 21.6 Å². The molecule has 20 heavy (non-hydrogen) atoms. The lowest BCUT2D eigenvalue weighted by Crippen LogP contribution is -2.23. The number of hydrogen-bond acceptors (Lipinski definition) is 2. The Hall–Kier alpha value is -0.480. The summed E-state index contributed by atoms with van der Waals surface area (Å²) in [7, 11) is -1.80. The minimum Gasteiger partial charge on any atom is -0.259 e. The van der Waals surface area contributed by atoms with Crippen LogP contribution in [0.2, 0.25) is 0 Å². The van der Waals surface area contributed by atoms with Crippen LogP contribution >= 0.6 is 0 Å². The van der Waals surface area contributed by atoms with Crippen LogP contribution in [0, 0.1) is 0 Å². The van der Waals surface area contributed by atoms with Crippen LogP contribution < -0.4 is 0 Å². The Morgan fingerprint density at radius 2 is 1.15 bits per heavy atom. The van der Waals surface area contributed by atoms with Crippen molar-refractivity contribution in [2.24, 2.45) is 0 Å². The largest absolute Gasteiger partial charge is 0.259 e. The van der Waals surface area contributed by atoms with Gasteiger partial charge in [-0.05, 0) is 52.7 Å². The van der Waals surface area contributed by atoms with Crippen molar-refractivity contribution < 1.29 is 8.42 Å². The molecule has 0 unspecified atom stereocenters. The summed E-state index contributed by atoms with van der Waals surface area (Å²) in [4.78, 5) is 0. The number of rotatable bonds is 4. The van der Waals surface area contributed by atoms with Crippen LogP contribution in [-0.2, 0) is 33.1 Å². The van der Waals surface area contributed by atoms with Gasteiger partial charge in [-0.25, -0.2) is 0 Å². The fourth-order valence-corrected chi connectivity index (χ4v) is 3.38. The SMILES string of the molecule is CC(C)(C)[S@@](=O)Cc1cccc(C[S@](=O)C(C)(C)C)c1. The molecule has 0 radical (unpaired) electrons. The Morgan fingerprint density at radius 3 is 1.45 bits per heavy atom. The van der Waals surface area contributed by atoms with Crippen molar-refractivity contribution in [2.75, 3.05) is 0 Å². The molecule has 0 aromatic heterocycles. The summed E-state index contributed by atoms with van der Waals surface area (Å²) in [6.07, 6.45) is 0. The predicted octanol–water partition coefficient (Wildman–Crippen LogP) is 3.78. The van der Waals surface area contributed by atoms with Crippen molar-refractivity contribution in [3.8, 4) is 0 Å². The Morgan fingerprint density at radius 1 is 0.800 bits per heavy atom. The Balaban J connectivity index is 2.82. The molecule has 2 nitrogen and oxygen atoms in total. The molecule has 0 N–H and O–H groups in total. The topological polar surface area (TPSA) is 34.1 Å². The maximum Gasteiger partial charge on any atom is 0.0491 e. The Kier molecular flexibility index (Phi) is 5.73. The molecule has 0 fully saturated rings. The second kappa shape index (κ2) is 6.52. The fourth-order valence-electron chi connectivity index (χ4n) is 1.54. The third kappa shape index (κ3) is 5.49. The first kappa shape index (κ1) is 17.6. The highest BCUT2D eigenvalue weighted by Gasteiger charge is 2.21. The molecular weight excluding hydrogens is 288 g/mol. The normalized spacial score (nSPS) is 15.9. The van der Waals surface area contributed by atoms with Crippen LogP contribution in [-0.4, -0.2) is 17.9 Å². The highest BCUT2D eigenvalue weighted by Crippen LogP contribution is 2.20. The second-order valence-corrected chi connectivity index (χ2v) is 11.4. The maximum absolute atomic E-state index is 12.2. The molecule has 0 aliphatic carbocycles. The zero-order valence-electron chi connectivity index (χ0n) is 13.4. The minimum absolute atomic E-state index is 0.204. The van der Waals surface area contributed by atoms with Gasteiger partial charge in [-0.3, -0.25) is 8.42 Å². The minimum atomic E-state index is -0.902. The summed E-state index contributed by atoms with van der Waals surface area (Å²) in [5.74, 6) is 1.11. The molecule has 0 spiro atoms. The third-order valence-electron chi connectivity index (χ3n) is 2.95. The van der Waals surface area contributed by atoms with E-state index in [1.807, 2.05) is 65.8 Å². The highest BCUT2D eigenvalue weighted by atomic mass is 32.2. The van der Waals surface area contributed by atoms with Gasteiger partial charge in [0.25, 0.3) is 0 Å². The quantitative estimate of drug-likeness (QED) is 0.847. The van der Waals surface area contributed by atoms with E-state index in [-0.39, 0.29) is 9.49 Å². The first-order valence-electron chi connectivity index (χ1n) is 6.85. The molecule has 0 saturated carbocycles. The van der Waals surface area contributed by atoms with E-state index in [0.717, 1.165) is 11.1 Å². The summed E-state index contributed by atoms with van der Waals surface area (Å²) in [6.45, 7) is 11.9. The molecule has 0 saturated heterocycles. The lowest BCUT2D eigenvalue weighted by Gasteiger charge is -2.19. The second-order valence-electron chi connectivity index (χ2n) is 7.02. The lowest BCUT2D eigenvalue weighted by molar-refractivity contribution is 0.648. The summed E-state index contributed by atoms with van der Waals surface area (Å²) < 4.78 is 23.9.